The molecule has 1 saturated heterocycles. The average Bonchev–Trinajstić information content (AvgIpc) is 3.12. The smallest absolute Gasteiger partial charge is 0.267 e. The lowest BCUT2D eigenvalue weighted by Gasteiger charge is -2.19. The number of nitrogens with one attached hydrogen (secondary N) is 2. The quantitative estimate of drug-likeness (QED) is 0.492. The Kier molecular flexibility index (Phi) is 8.66. The van der Waals surface area contributed by atoms with E-state index in [0.29, 0.717) is 12.1 Å². The monoisotopic (exact) mass is 425 g/mol. The molecule has 0 spiro atoms. The van der Waals surface area contributed by atoms with Crippen molar-refractivity contribution < 1.29 is 9.59 Å². The van der Waals surface area contributed by atoms with Crippen LogP contribution in [0.1, 0.15) is 52.9 Å². The Morgan fingerprint density at radius 2 is 1.80 bits per heavy atom. The van der Waals surface area contributed by atoms with E-state index in [1.165, 1.54) is 37.0 Å². The van der Waals surface area contributed by atoms with Crippen LogP contribution in [-0.4, -0.2) is 42.9 Å². The van der Waals surface area contributed by atoms with Crippen LogP contribution >= 0.6 is 11.3 Å². The van der Waals surface area contributed by atoms with Crippen LogP contribution in [0.15, 0.2) is 47.5 Å². The fourth-order valence-corrected chi connectivity index (χ4v) is 4.19. The Bertz CT molecular complexity index is 836. The normalized spacial score (nSPS) is 15.4. The molecule has 0 unspecified atom stereocenters. The van der Waals surface area contributed by atoms with Gasteiger partial charge < -0.3 is 15.5 Å². The predicted octanol–water partition coefficient (Wildman–Crippen LogP) is 4.21. The maximum Gasteiger partial charge on any atom is 0.267 e. The maximum absolute atomic E-state index is 12.8. The van der Waals surface area contributed by atoms with Crippen molar-refractivity contribution >= 4 is 29.2 Å². The first-order valence-electron chi connectivity index (χ1n) is 10.8. The maximum atomic E-state index is 12.8. The second-order valence-electron chi connectivity index (χ2n) is 7.76. The van der Waals surface area contributed by atoms with Gasteiger partial charge in [0, 0.05) is 17.0 Å². The Morgan fingerprint density at radius 3 is 2.47 bits per heavy atom. The van der Waals surface area contributed by atoms with Gasteiger partial charge in [-0.2, -0.15) is 0 Å². The van der Waals surface area contributed by atoms with Crippen molar-refractivity contribution in [3.63, 3.8) is 0 Å². The summed E-state index contributed by atoms with van der Waals surface area (Å²) in [5, 5.41) is 7.72. The highest BCUT2D eigenvalue weighted by molar-refractivity contribution is 7.10. The van der Waals surface area contributed by atoms with Crippen molar-refractivity contribution in [3.05, 3.63) is 63.5 Å². The topological polar surface area (TPSA) is 61.4 Å². The van der Waals surface area contributed by atoms with Gasteiger partial charge in [-0.15, -0.1) is 11.3 Å². The van der Waals surface area contributed by atoms with Gasteiger partial charge in [-0.25, -0.2) is 0 Å². The summed E-state index contributed by atoms with van der Waals surface area (Å²) in [4.78, 5) is 28.8. The summed E-state index contributed by atoms with van der Waals surface area (Å²) in [6.45, 7) is 5.88. The molecule has 2 heterocycles. The minimum atomic E-state index is -0.280. The molecule has 1 fully saturated rings. The number of carbonyl (C=O) groups is 2. The molecule has 6 heteroatoms. The third kappa shape index (κ3) is 7.11. The lowest BCUT2D eigenvalue weighted by Crippen LogP contribution is -2.36. The summed E-state index contributed by atoms with van der Waals surface area (Å²) < 4.78 is 0. The highest BCUT2D eigenvalue weighted by Gasteiger charge is 2.15. The third-order valence-corrected chi connectivity index (χ3v) is 6.09. The number of amides is 2. The summed E-state index contributed by atoms with van der Waals surface area (Å²) >= 11 is 1.53. The van der Waals surface area contributed by atoms with E-state index in [-0.39, 0.29) is 17.5 Å². The predicted molar refractivity (Wildman–Crippen MR) is 123 cm³/mol. The van der Waals surface area contributed by atoms with Crippen LogP contribution in [0.4, 0.5) is 0 Å². The van der Waals surface area contributed by atoms with Crippen molar-refractivity contribution in [1.29, 1.82) is 0 Å². The zero-order valence-corrected chi connectivity index (χ0v) is 18.5. The number of thiophene rings is 1. The molecule has 0 saturated carbocycles. The first-order chi connectivity index (χ1) is 14.6. The van der Waals surface area contributed by atoms with Gasteiger partial charge in [-0.05, 0) is 75.5 Å². The van der Waals surface area contributed by atoms with Crippen LogP contribution in [0.2, 0.25) is 0 Å². The van der Waals surface area contributed by atoms with Gasteiger partial charge in [-0.3, -0.25) is 9.59 Å². The number of hydrogen-bond donors (Lipinski definition) is 2. The van der Waals surface area contributed by atoms with E-state index in [0.717, 1.165) is 36.5 Å². The second-order valence-corrected chi connectivity index (χ2v) is 8.74. The molecule has 1 aromatic heterocycles. The summed E-state index contributed by atoms with van der Waals surface area (Å²) in [7, 11) is 0. The molecule has 3 rings (SSSR count). The van der Waals surface area contributed by atoms with Crippen LogP contribution in [0.5, 0.6) is 0 Å². The number of rotatable bonds is 8. The largest absolute Gasteiger partial charge is 0.351 e. The van der Waals surface area contributed by atoms with Gasteiger partial charge in [0.1, 0.15) is 5.70 Å². The minimum absolute atomic E-state index is 0.250. The van der Waals surface area contributed by atoms with Crippen LogP contribution in [0.25, 0.3) is 6.08 Å². The van der Waals surface area contributed by atoms with Gasteiger partial charge >= 0.3 is 0 Å². The molecular weight excluding hydrogens is 394 g/mol. The van der Waals surface area contributed by atoms with Crippen molar-refractivity contribution in [2.24, 2.45) is 0 Å². The molecule has 30 heavy (non-hydrogen) atoms. The standard InChI is InChI=1S/C24H31N3O2S/c1-19-9-11-20(12-10-19)23(28)26-22(18-21-8-6-17-30-21)24(29)25-13-7-16-27-14-4-2-3-5-15-27/h6,8-12,17-18H,2-5,7,13-16H2,1H3,(H,25,29)(H,26,28)/b22-18-. The van der Waals surface area contributed by atoms with Gasteiger partial charge in [0.25, 0.3) is 11.8 Å². The fraction of sp³-hybridized carbons (Fsp3) is 0.417. The number of nitrogens with zero attached hydrogens (tertiary/aromatic N) is 1. The molecule has 0 aliphatic carbocycles. The lowest BCUT2D eigenvalue weighted by molar-refractivity contribution is -0.117. The summed E-state index contributed by atoms with van der Waals surface area (Å²) in [6.07, 6.45) is 7.83. The molecule has 0 radical (unpaired) electrons. The lowest BCUT2D eigenvalue weighted by atomic mass is 10.1. The van der Waals surface area contributed by atoms with Gasteiger partial charge in [0.15, 0.2) is 0 Å². The van der Waals surface area contributed by atoms with Gasteiger partial charge in [0.2, 0.25) is 0 Å². The Morgan fingerprint density at radius 1 is 1.07 bits per heavy atom. The van der Waals surface area contributed by atoms with E-state index in [1.807, 2.05) is 36.6 Å². The zero-order valence-electron chi connectivity index (χ0n) is 17.7. The summed E-state index contributed by atoms with van der Waals surface area (Å²) in [5.41, 5.74) is 1.90. The molecule has 2 aromatic rings. The number of aryl methyl sites for hydroxylation is 1. The zero-order chi connectivity index (χ0) is 21.2. The number of likely N-dealkylation sites (tertiary alicyclic amines) is 1. The molecule has 0 bridgehead atoms. The molecule has 1 aliphatic rings. The first kappa shape index (κ1) is 22.2. The molecule has 1 aromatic carbocycles. The van der Waals surface area contributed by atoms with Crippen LogP contribution in [0.3, 0.4) is 0 Å². The molecule has 0 atom stereocenters. The SMILES string of the molecule is Cc1ccc(C(=O)N/C(=C\c2cccs2)C(=O)NCCCN2CCCCCC2)cc1. The molecule has 5 nitrogen and oxygen atoms in total. The van der Waals surface area contributed by atoms with Crippen molar-refractivity contribution in [1.82, 2.24) is 15.5 Å². The second kappa shape index (κ2) is 11.7. The van der Waals surface area contributed by atoms with Gasteiger partial charge in [0.05, 0.1) is 0 Å². The van der Waals surface area contributed by atoms with Crippen molar-refractivity contribution in [3.8, 4) is 0 Å². The molecule has 1 aliphatic heterocycles. The van der Waals surface area contributed by atoms with Crippen molar-refractivity contribution in [2.45, 2.75) is 39.0 Å². The van der Waals surface area contributed by atoms with Crippen LogP contribution in [0, 0.1) is 6.92 Å². The molecule has 2 amide bonds. The molecule has 160 valence electrons. The Balaban J connectivity index is 1.57. The van der Waals surface area contributed by atoms with E-state index >= 15 is 0 Å². The van der Waals surface area contributed by atoms with Crippen molar-refractivity contribution in [2.75, 3.05) is 26.2 Å². The van der Waals surface area contributed by atoms with E-state index in [9.17, 15) is 9.59 Å². The number of benzene rings is 1. The highest BCUT2D eigenvalue weighted by Crippen LogP contribution is 2.14. The Hall–Kier alpha value is -2.44. The Labute approximate surface area is 183 Å². The van der Waals surface area contributed by atoms with E-state index in [4.69, 9.17) is 0 Å². The van der Waals surface area contributed by atoms with Gasteiger partial charge in [-0.1, -0.05) is 36.6 Å². The van der Waals surface area contributed by atoms with E-state index in [2.05, 4.69) is 15.5 Å². The number of carbonyl (C=O) groups excluding carboxylic acids is 2. The van der Waals surface area contributed by atoms with E-state index < -0.39 is 0 Å². The summed E-state index contributed by atoms with van der Waals surface area (Å²) in [6, 6.07) is 11.2. The number of hydrogen-bond acceptors (Lipinski definition) is 4. The highest BCUT2D eigenvalue weighted by atomic mass is 32.1. The summed E-state index contributed by atoms with van der Waals surface area (Å²) in [5.74, 6) is -0.530. The molecular formula is C24H31N3O2S. The molecule has 2 N–H and O–H groups in total. The van der Waals surface area contributed by atoms with E-state index in [1.54, 1.807) is 18.2 Å². The minimum Gasteiger partial charge on any atom is -0.351 e. The first-order valence-corrected chi connectivity index (χ1v) is 11.6. The fourth-order valence-electron chi connectivity index (χ4n) is 3.53. The van der Waals surface area contributed by atoms with Crippen LogP contribution < -0.4 is 10.6 Å². The van der Waals surface area contributed by atoms with Crippen LogP contribution in [-0.2, 0) is 4.79 Å². The average molecular weight is 426 g/mol. The third-order valence-electron chi connectivity index (χ3n) is 5.27.